The van der Waals surface area contributed by atoms with E-state index in [1.54, 1.807) is 97.1 Å². The van der Waals surface area contributed by atoms with E-state index in [1.165, 1.54) is 24.3 Å². The third-order valence-corrected chi connectivity index (χ3v) is 7.73. The third kappa shape index (κ3) is 4.52. The summed E-state index contributed by atoms with van der Waals surface area (Å²) in [6, 6.07) is 34.2. The van der Waals surface area contributed by atoms with Crippen molar-refractivity contribution >= 4 is 0 Å². The van der Waals surface area contributed by atoms with Crippen molar-refractivity contribution in [3.63, 3.8) is 0 Å². The topological polar surface area (TPSA) is 40.5 Å². The first-order valence-corrected chi connectivity index (χ1v) is 13.5. The Morgan fingerprint density at radius 2 is 0.721 bits per heavy atom. The molecule has 0 bridgehead atoms. The van der Waals surface area contributed by atoms with Crippen LogP contribution in [0.4, 0.5) is 17.6 Å². The number of halogens is 4. The van der Waals surface area contributed by atoms with E-state index in [4.69, 9.17) is 0 Å². The zero-order valence-electron chi connectivity index (χ0n) is 22.6. The molecule has 6 aromatic rings. The molecular formula is C37H24F4O2. The molecule has 0 aliphatic rings. The lowest BCUT2D eigenvalue weighted by Crippen LogP contribution is -2.32. The molecule has 2 nitrogen and oxygen atoms in total. The molecule has 0 aliphatic heterocycles. The Labute approximate surface area is 245 Å². The number of aromatic hydroxyl groups is 2. The number of hydrogen-bond acceptors (Lipinski definition) is 2. The average Bonchev–Trinajstić information content (AvgIpc) is 3.04. The third-order valence-electron chi connectivity index (χ3n) is 7.73. The van der Waals surface area contributed by atoms with Gasteiger partial charge in [-0.3, -0.25) is 0 Å². The summed E-state index contributed by atoms with van der Waals surface area (Å²) in [5.41, 5.74) is -2.61. The van der Waals surface area contributed by atoms with Crippen LogP contribution in [0, 0.1) is 23.3 Å². The van der Waals surface area contributed by atoms with Gasteiger partial charge in [0.1, 0.15) is 11.6 Å². The molecule has 6 aromatic carbocycles. The summed E-state index contributed by atoms with van der Waals surface area (Å²) in [6.45, 7) is 0. The summed E-state index contributed by atoms with van der Waals surface area (Å²) in [5, 5.41) is 23.1. The van der Waals surface area contributed by atoms with E-state index in [0.717, 1.165) is 12.1 Å². The summed E-state index contributed by atoms with van der Waals surface area (Å²) in [7, 11) is 0. The van der Waals surface area contributed by atoms with E-state index >= 15 is 17.6 Å². The Morgan fingerprint density at radius 1 is 0.419 bits per heavy atom. The van der Waals surface area contributed by atoms with Crippen LogP contribution in [0.15, 0.2) is 133 Å². The fourth-order valence-electron chi connectivity index (χ4n) is 5.84. The molecule has 0 unspecified atom stereocenters. The molecule has 212 valence electrons. The van der Waals surface area contributed by atoms with Crippen LogP contribution >= 0.6 is 0 Å². The maximum Gasteiger partial charge on any atom is 0.175 e. The highest BCUT2D eigenvalue weighted by Crippen LogP contribution is 2.54. The van der Waals surface area contributed by atoms with Crippen LogP contribution in [0.5, 0.6) is 11.5 Å². The van der Waals surface area contributed by atoms with E-state index in [9.17, 15) is 10.2 Å². The molecule has 0 saturated heterocycles. The van der Waals surface area contributed by atoms with Crippen LogP contribution in [0.1, 0.15) is 22.3 Å². The van der Waals surface area contributed by atoms with Gasteiger partial charge >= 0.3 is 0 Å². The molecule has 0 spiro atoms. The van der Waals surface area contributed by atoms with Crippen LogP contribution in [-0.2, 0) is 5.41 Å². The smallest absolute Gasteiger partial charge is 0.175 e. The predicted molar refractivity (Wildman–Crippen MR) is 159 cm³/mol. The second kappa shape index (κ2) is 11.1. The van der Waals surface area contributed by atoms with Crippen molar-refractivity contribution in [2.24, 2.45) is 0 Å². The van der Waals surface area contributed by atoms with Crippen LogP contribution < -0.4 is 0 Å². The van der Waals surface area contributed by atoms with Crippen molar-refractivity contribution in [1.29, 1.82) is 0 Å². The first kappa shape index (κ1) is 27.8. The van der Waals surface area contributed by atoms with Gasteiger partial charge in [0.15, 0.2) is 23.1 Å². The van der Waals surface area contributed by atoms with Gasteiger partial charge in [0.25, 0.3) is 0 Å². The molecule has 0 heterocycles. The van der Waals surface area contributed by atoms with Gasteiger partial charge in [0.2, 0.25) is 0 Å². The summed E-state index contributed by atoms with van der Waals surface area (Å²) in [6.07, 6.45) is 0. The minimum Gasteiger partial charge on any atom is -0.505 e. The van der Waals surface area contributed by atoms with E-state index in [1.807, 2.05) is 0 Å². The van der Waals surface area contributed by atoms with Crippen LogP contribution in [0.2, 0.25) is 0 Å². The highest BCUT2D eigenvalue weighted by atomic mass is 19.1. The molecule has 6 heteroatoms. The number of rotatable bonds is 6. The standard InChI is InChI=1S/C37H24F4O2/c38-29-21-27(35(42)33(40)31(29)23-13-5-1-6-14-23)37(25-17-9-3-10-18-25,26-19-11-4-12-20-26)28-22-30(39)32(34(41)36(28)43)24-15-7-2-8-16-24/h1-22,42-43H. The fourth-order valence-corrected chi connectivity index (χ4v) is 5.84. The van der Waals surface area contributed by atoms with Gasteiger partial charge in [-0.05, 0) is 34.4 Å². The molecule has 2 N–H and O–H groups in total. The molecule has 0 aromatic heterocycles. The van der Waals surface area contributed by atoms with Crippen molar-refractivity contribution in [2.45, 2.75) is 5.41 Å². The van der Waals surface area contributed by atoms with E-state index in [2.05, 4.69) is 0 Å². The first-order chi connectivity index (χ1) is 20.9. The predicted octanol–water partition coefficient (Wildman–Crippen LogP) is 9.37. The molecule has 0 saturated carbocycles. The summed E-state index contributed by atoms with van der Waals surface area (Å²) >= 11 is 0. The van der Waals surface area contributed by atoms with Crippen LogP contribution in [0.3, 0.4) is 0 Å². The van der Waals surface area contributed by atoms with Crippen molar-refractivity contribution in [1.82, 2.24) is 0 Å². The highest BCUT2D eigenvalue weighted by Gasteiger charge is 2.45. The first-order valence-electron chi connectivity index (χ1n) is 13.5. The second-order valence-electron chi connectivity index (χ2n) is 10.1. The lowest BCUT2D eigenvalue weighted by Gasteiger charge is -2.38. The summed E-state index contributed by atoms with van der Waals surface area (Å²) < 4.78 is 64.3. The van der Waals surface area contributed by atoms with E-state index < -0.39 is 51.3 Å². The normalized spacial score (nSPS) is 11.4. The van der Waals surface area contributed by atoms with Gasteiger partial charge in [-0.25, -0.2) is 17.6 Å². The average molecular weight is 577 g/mol. The molecule has 0 radical (unpaired) electrons. The minimum absolute atomic E-state index is 0.191. The quantitative estimate of drug-likeness (QED) is 0.153. The second-order valence-corrected chi connectivity index (χ2v) is 10.1. The lowest BCUT2D eigenvalue weighted by atomic mass is 9.64. The number of benzene rings is 6. The van der Waals surface area contributed by atoms with Crippen molar-refractivity contribution in [3.8, 4) is 33.8 Å². The van der Waals surface area contributed by atoms with Gasteiger partial charge in [0.05, 0.1) is 16.5 Å². The van der Waals surface area contributed by atoms with Crippen LogP contribution in [-0.4, -0.2) is 10.2 Å². The number of phenols is 2. The van der Waals surface area contributed by atoms with Crippen LogP contribution in [0.25, 0.3) is 22.3 Å². The fraction of sp³-hybridized carbons (Fsp3) is 0.0270. The maximum atomic E-state index is 16.1. The molecule has 0 fully saturated rings. The zero-order chi connectivity index (χ0) is 30.1. The highest BCUT2D eigenvalue weighted by molar-refractivity contribution is 5.75. The Morgan fingerprint density at radius 3 is 1.05 bits per heavy atom. The van der Waals surface area contributed by atoms with Crippen molar-refractivity contribution in [3.05, 3.63) is 179 Å². The van der Waals surface area contributed by atoms with Crippen molar-refractivity contribution < 1.29 is 27.8 Å². The van der Waals surface area contributed by atoms with Gasteiger partial charge in [-0.1, -0.05) is 121 Å². The van der Waals surface area contributed by atoms with Gasteiger partial charge < -0.3 is 10.2 Å². The van der Waals surface area contributed by atoms with E-state index in [-0.39, 0.29) is 22.3 Å². The largest absolute Gasteiger partial charge is 0.505 e. The monoisotopic (exact) mass is 576 g/mol. The molecule has 0 atom stereocenters. The Bertz CT molecular complexity index is 1770. The number of phenolic OH excluding ortho intramolecular Hbond substituents is 2. The van der Waals surface area contributed by atoms with Gasteiger partial charge in [-0.15, -0.1) is 0 Å². The maximum absolute atomic E-state index is 16.1. The zero-order valence-corrected chi connectivity index (χ0v) is 22.6. The molecule has 6 rings (SSSR count). The lowest BCUT2D eigenvalue weighted by molar-refractivity contribution is 0.403. The molecule has 43 heavy (non-hydrogen) atoms. The molecule has 0 aliphatic carbocycles. The Balaban J connectivity index is 1.77. The Kier molecular flexibility index (Phi) is 7.20. The SMILES string of the molecule is Oc1c(C(c2ccccc2)(c2ccccc2)c2cc(F)c(-c3ccccc3)c(F)c2O)cc(F)c(-c2ccccc2)c1F. The summed E-state index contributed by atoms with van der Waals surface area (Å²) in [5.74, 6) is -6.37. The number of hydrogen-bond donors (Lipinski definition) is 2. The van der Waals surface area contributed by atoms with E-state index in [0.29, 0.717) is 11.1 Å². The minimum atomic E-state index is -1.97. The van der Waals surface area contributed by atoms with Crippen molar-refractivity contribution in [2.75, 3.05) is 0 Å². The Hall–Kier alpha value is -5.36. The van der Waals surface area contributed by atoms with Gasteiger partial charge in [0, 0.05) is 11.1 Å². The molecule has 0 amide bonds. The van der Waals surface area contributed by atoms with Gasteiger partial charge in [-0.2, -0.15) is 0 Å². The summed E-state index contributed by atoms with van der Waals surface area (Å²) in [4.78, 5) is 0. The molecular weight excluding hydrogens is 552 g/mol.